The quantitative estimate of drug-likeness (QED) is 0.208. The molecule has 0 bridgehead atoms. The number of hydrogen-bond acceptors (Lipinski definition) is 9. The van der Waals surface area contributed by atoms with Gasteiger partial charge >= 0.3 is 0 Å². The Kier molecular flexibility index (Phi) is 8.73. The minimum Gasteiger partial charge on any atom is -0.497 e. The number of fused-ring (bicyclic) bond motifs is 4. The third-order valence-corrected chi connectivity index (χ3v) is 10.9. The molecule has 3 aromatic carbocycles. The summed E-state index contributed by atoms with van der Waals surface area (Å²) in [6.45, 7) is 2.42. The van der Waals surface area contributed by atoms with Crippen molar-refractivity contribution in [1.29, 1.82) is 0 Å². The Balaban J connectivity index is 0.846. The first kappa shape index (κ1) is 33.0. The molecular formula is C40H44N4O7. The third-order valence-electron chi connectivity index (χ3n) is 10.9. The Bertz CT molecular complexity index is 1900. The number of ether oxygens (including phenoxy) is 5. The molecule has 0 aromatic heterocycles. The number of benzene rings is 3. The molecule has 51 heavy (non-hydrogen) atoms. The van der Waals surface area contributed by atoms with Gasteiger partial charge in [-0.25, -0.2) is 0 Å². The monoisotopic (exact) mass is 692 g/mol. The lowest BCUT2D eigenvalue weighted by Gasteiger charge is -2.21. The number of nitrogens with one attached hydrogen (secondary N) is 1. The van der Waals surface area contributed by atoms with E-state index >= 15 is 0 Å². The molecule has 8 rings (SSSR count). The minimum atomic E-state index is -0.0651. The number of rotatable bonds is 12. The van der Waals surface area contributed by atoms with Crippen LogP contribution in [-0.4, -0.2) is 87.5 Å². The number of methoxy groups -OCH3 is 3. The molecule has 266 valence electrons. The van der Waals surface area contributed by atoms with Gasteiger partial charge in [0.2, 0.25) is 0 Å². The molecule has 5 aliphatic rings. The molecule has 11 heteroatoms. The minimum absolute atomic E-state index is 0.00754. The summed E-state index contributed by atoms with van der Waals surface area (Å²) < 4.78 is 28.9. The number of aliphatic imine (C=N–C) groups is 1. The third kappa shape index (κ3) is 6.34. The van der Waals surface area contributed by atoms with E-state index in [0.29, 0.717) is 65.0 Å². The molecule has 1 saturated carbocycles. The summed E-state index contributed by atoms with van der Waals surface area (Å²) in [5, 5.41) is 3.48. The topological polar surface area (TPSA) is 111 Å². The number of amides is 2. The van der Waals surface area contributed by atoms with Gasteiger partial charge in [-0.1, -0.05) is 12.1 Å². The summed E-state index contributed by atoms with van der Waals surface area (Å²) >= 11 is 0. The fourth-order valence-electron chi connectivity index (χ4n) is 7.75. The van der Waals surface area contributed by atoms with Gasteiger partial charge < -0.3 is 38.8 Å². The Morgan fingerprint density at radius 3 is 2.22 bits per heavy atom. The van der Waals surface area contributed by atoms with Crippen LogP contribution < -0.4 is 29.0 Å². The number of carbonyl (C=O) groups is 2. The van der Waals surface area contributed by atoms with Crippen molar-refractivity contribution in [3.63, 3.8) is 0 Å². The molecule has 2 fully saturated rings. The lowest BCUT2D eigenvalue weighted by Crippen LogP contribution is -2.35. The number of unbranched alkanes of at least 4 members (excludes halogenated alkanes) is 2. The molecule has 2 atom stereocenters. The van der Waals surface area contributed by atoms with E-state index in [2.05, 4.69) is 5.32 Å². The smallest absolute Gasteiger partial charge is 0.260 e. The molecule has 1 N–H and O–H groups in total. The van der Waals surface area contributed by atoms with Crippen molar-refractivity contribution in [2.75, 3.05) is 52.9 Å². The standard InChI is InChI=1S/C40H44N4O7/c1-47-29-9-7-25(8-10-29)26-15-27-21-41-32-18-36(34(48-2)16-30(32)38(45)43(27)23-26)50-13-5-4-6-14-51-37-19-33-31(17-35(37)49-3)39(46)44-24-40(11-12-40)20-28(44)22-42-33/h7-10,16-19,22-23,27-28,41H,4-6,11-15,20-21,24H2,1-3H3/t27-,28-/m0/s1. The number of anilines is 1. The zero-order valence-electron chi connectivity index (χ0n) is 29.4. The van der Waals surface area contributed by atoms with Crippen molar-refractivity contribution in [2.45, 2.75) is 57.0 Å². The van der Waals surface area contributed by atoms with Gasteiger partial charge in [0.1, 0.15) is 5.75 Å². The average Bonchev–Trinajstić information content (AvgIpc) is 3.69. The molecule has 3 aromatic rings. The molecule has 0 radical (unpaired) electrons. The second-order valence-corrected chi connectivity index (χ2v) is 14.1. The average molecular weight is 693 g/mol. The fraction of sp³-hybridized carbons (Fsp3) is 0.425. The summed E-state index contributed by atoms with van der Waals surface area (Å²) in [6.07, 6.45) is 10.6. The maximum Gasteiger partial charge on any atom is 0.260 e. The molecular weight excluding hydrogens is 648 g/mol. The van der Waals surface area contributed by atoms with Crippen molar-refractivity contribution in [3.05, 3.63) is 71.4 Å². The summed E-state index contributed by atoms with van der Waals surface area (Å²) in [6, 6.07) is 15.2. The highest BCUT2D eigenvalue weighted by molar-refractivity contribution is 6.04. The molecule has 1 saturated heterocycles. The van der Waals surface area contributed by atoms with Crippen LogP contribution in [-0.2, 0) is 0 Å². The Morgan fingerprint density at radius 1 is 0.824 bits per heavy atom. The van der Waals surface area contributed by atoms with Crippen LogP contribution in [0.25, 0.3) is 5.57 Å². The number of nitrogens with zero attached hydrogens (tertiary/aromatic N) is 3. The van der Waals surface area contributed by atoms with Crippen molar-refractivity contribution in [2.24, 2.45) is 10.4 Å². The Hall–Kier alpha value is -5.19. The predicted molar refractivity (Wildman–Crippen MR) is 194 cm³/mol. The van der Waals surface area contributed by atoms with Crippen molar-refractivity contribution in [3.8, 4) is 28.7 Å². The van der Waals surface area contributed by atoms with Gasteiger partial charge in [-0.2, -0.15) is 0 Å². The first-order valence-corrected chi connectivity index (χ1v) is 17.8. The second-order valence-electron chi connectivity index (χ2n) is 14.1. The number of carbonyl (C=O) groups excluding carboxylic acids is 2. The molecule has 2 amide bonds. The predicted octanol–water partition coefficient (Wildman–Crippen LogP) is 6.73. The van der Waals surface area contributed by atoms with E-state index < -0.39 is 0 Å². The van der Waals surface area contributed by atoms with E-state index in [1.54, 1.807) is 33.5 Å². The SMILES string of the molecule is COc1ccc(C2=CN3C(=O)c4cc(OC)c(OCCCCCOc5cc6c(cc5OC)C(=O)N5CC7(CC7)C[C@H]5C=N6)cc4NC[C@@H]3C2)cc1. The van der Waals surface area contributed by atoms with Crippen LogP contribution in [0.1, 0.15) is 71.2 Å². The lowest BCUT2D eigenvalue weighted by molar-refractivity contribution is 0.0765. The fourth-order valence-corrected chi connectivity index (χ4v) is 7.75. The molecule has 0 unspecified atom stereocenters. The van der Waals surface area contributed by atoms with Crippen LogP contribution in [0.5, 0.6) is 28.7 Å². The lowest BCUT2D eigenvalue weighted by atomic mass is 10.0. The van der Waals surface area contributed by atoms with E-state index in [0.717, 1.165) is 61.2 Å². The zero-order valence-corrected chi connectivity index (χ0v) is 29.4. The maximum atomic E-state index is 13.7. The van der Waals surface area contributed by atoms with Crippen molar-refractivity contribution < 1.29 is 33.3 Å². The van der Waals surface area contributed by atoms with Crippen LogP contribution in [0, 0.1) is 5.41 Å². The van der Waals surface area contributed by atoms with Crippen LogP contribution in [0.15, 0.2) is 59.7 Å². The summed E-state index contributed by atoms with van der Waals surface area (Å²) in [4.78, 5) is 35.7. The first-order valence-electron chi connectivity index (χ1n) is 17.8. The van der Waals surface area contributed by atoms with Gasteiger partial charge in [0.15, 0.2) is 23.0 Å². The molecule has 1 aliphatic carbocycles. The van der Waals surface area contributed by atoms with E-state index in [9.17, 15) is 9.59 Å². The Morgan fingerprint density at radius 2 is 1.53 bits per heavy atom. The second kappa shape index (κ2) is 13.5. The summed E-state index contributed by atoms with van der Waals surface area (Å²) in [5.74, 6) is 3.00. The Labute approximate surface area is 298 Å². The van der Waals surface area contributed by atoms with Crippen molar-refractivity contribution in [1.82, 2.24) is 9.80 Å². The van der Waals surface area contributed by atoms with Gasteiger partial charge in [0, 0.05) is 37.6 Å². The maximum absolute atomic E-state index is 13.7. The van der Waals surface area contributed by atoms with Crippen LogP contribution in [0.3, 0.4) is 0 Å². The highest BCUT2D eigenvalue weighted by atomic mass is 16.5. The van der Waals surface area contributed by atoms with Gasteiger partial charge in [-0.05, 0) is 85.8 Å². The van der Waals surface area contributed by atoms with Gasteiger partial charge in [0.05, 0.1) is 69.1 Å². The van der Waals surface area contributed by atoms with Crippen molar-refractivity contribution >= 4 is 35.0 Å². The molecule has 1 spiro atoms. The summed E-state index contributed by atoms with van der Waals surface area (Å²) in [7, 11) is 4.83. The molecule has 4 aliphatic heterocycles. The van der Waals surface area contributed by atoms with E-state index in [1.807, 2.05) is 58.6 Å². The first-order chi connectivity index (χ1) is 24.9. The van der Waals surface area contributed by atoms with Crippen LogP contribution in [0.4, 0.5) is 11.4 Å². The highest BCUT2D eigenvalue weighted by Crippen LogP contribution is 2.55. The molecule has 4 heterocycles. The van der Waals surface area contributed by atoms with Crippen LogP contribution in [0.2, 0.25) is 0 Å². The van der Waals surface area contributed by atoms with E-state index in [4.69, 9.17) is 28.7 Å². The summed E-state index contributed by atoms with van der Waals surface area (Å²) in [5.41, 5.74) is 5.00. The normalized spacial score (nSPS) is 20.7. The highest BCUT2D eigenvalue weighted by Gasteiger charge is 2.53. The number of hydrogen-bond donors (Lipinski definition) is 1. The largest absolute Gasteiger partial charge is 0.497 e. The van der Waals surface area contributed by atoms with E-state index in [1.165, 1.54) is 12.8 Å². The van der Waals surface area contributed by atoms with Gasteiger partial charge in [0.25, 0.3) is 11.8 Å². The van der Waals surface area contributed by atoms with Gasteiger partial charge in [-0.15, -0.1) is 0 Å². The van der Waals surface area contributed by atoms with Crippen LogP contribution >= 0.6 is 0 Å². The molecule has 11 nitrogen and oxygen atoms in total. The van der Waals surface area contributed by atoms with Gasteiger partial charge in [-0.3, -0.25) is 14.6 Å². The zero-order chi connectivity index (χ0) is 35.1. The van der Waals surface area contributed by atoms with E-state index in [-0.39, 0.29) is 23.9 Å².